The topological polar surface area (TPSA) is 62.9 Å². The molecular formula is C19H29ClFIN4O. The van der Waals surface area contributed by atoms with Crippen molar-refractivity contribution >= 4 is 41.5 Å². The standard InChI is InChI=1S/C19H28ClFN4O.HI/c1-13-12-25(8-9-26-13)17(18-15(20)6-3-7-16(18)21)11-24-19(22)23-10-14-4-2-5-14;/h3,6-7,13-14,17H,2,4-5,8-12H2,1H3,(H3,22,23,24);1H. The normalized spacial score (nSPS) is 22.6. The number of ether oxygens (including phenoxy) is 1. The maximum absolute atomic E-state index is 14.5. The predicted octanol–water partition coefficient (Wildman–Crippen LogP) is 3.56. The van der Waals surface area contributed by atoms with E-state index in [9.17, 15) is 4.39 Å². The molecule has 3 N–H and O–H groups in total. The van der Waals surface area contributed by atoms with Gasteiger partial charge in [-0.2, -0.15) is 0 Å². The number of hydrogen-bond acceptors (Lipinski definition) is 3. The summed E-state index contributed by atoms with van der Waals surface area (Å²) in [5.74, 6) is 0.800. The molecule has 1 aromatic rings. The average molecular weight is 511 g/mol. The van der Waals surface area contributed by atoms with Gasteiger partial charge in [0.2, 0.25) is 0 Å². The third kappa shape index (κ3) is 6.17. The lowest BCUT2D eigenvalue weighted by molar-refractivity contribution is -0.0336. The SMILES string of the molecule is CC1CN(C(CN=C(N)NCC2CCC2)c2c(F)cccc2Cl)CCO1.I. The molecule has 152 valence electrons. The van der Waals surface area contributed by atoms with Gasteiger partial charge in [0.1, 0.15) is 5.82 Å². The summed E-state index contributed by atoms with van der Waals surface area (Å²) in [6.45, 7) is 5.27. The molecule has 0 amide bonds. The van der Waals surface area contributed by atoms with E-state index >= 15 is 0 Å². The van der Waals surface area contributed by atoms with Crippen molar-refractivity contribution in [3.05, 3.63) is 34.6 Å². The Labute approximate surface area is 182 Å². The van der Waals surface area contributed by atoms with Gasteiger partial charge in [0, 0.05) is 30.2 Å². The summed E-state index contributed by atoms with van der Waals surface area (Å²) < 4.78 is 20.2. The zero-order chi connectivity index (χ0) is 18.5. The highest BCUT2D eigenvalue weighted by Gasteiger charge is 2.29. The summed E-state index contributed by atoms with van der Waals surface area (Å²) >= 11 is 6.33. The molecule has 1 aromatic carbocycles. The number of nitrogens with zero attached hydrogens (tertiary/aromatic N) is 2. The fraction of sp³-hybridized carbons (Fsp3) is 0.632. The number of rotatable bonds is 6. The van der Waals surface area contributed by atoms with E-state index in [1.807, 2.05) is 6.92 Å². The summed E-state index contributed by atoms with van der Waals surface area (Å²) in [5, 5.41) is 3.61. The first-order valence-electron chi connectivity index (χ1n) is 9.38. The number of halogens is 3. The smallest absolute Gasteiger partial charge is 0.188 e. The van der Waals surface area contributed by atoms with Crippen LogP contribution in [0.15, 0.2) is 23.2 Å². The summed E-state index contributed by atoms with van der Waals surface area (Å²) in [7, 11) is 0. The molecular weight excluding hydrogens is 482 g/mol. The van der Waals surface area contributed by atoms with Gasteiger partial charge in [0.25, 0.3) is 0 Å². The van der Waals surface area contributed by atoms with Crippen molar-refractivity contribution in [2.45, 2.75) is 38.3 Å². The second-order valence-electron chi connectivity index (χ2n) is 7.23. The molecule has 0 aromatic heterocycles. The van der Waals surface area contributed by atoms with Crippen LogP contribution >= 0.6 is 35.6 Å². The Morgan fingerprint density at radius 1 is 1.48 bits per heavy atom. The Morgan fingerprint density at radius 3 is 2.89 bits per heavy atom. The Bertz CT molecular complexity index is 624. The van der Waals surface area contributed by atoms with Crippen molar-refractivity contribution in [2.24, 2.45) is 16.6 Å². The first kappa shape index (κ1) is 22.6. The molecule has 1 saturated carbocycles. The van der Waals surface area contributed by atoms with Gasteiger partial charge in [-0.15, -0.1) is 24.0 Å². The summed E-state index contributed by atoms with van der Waals surface area (Å²) in [5.41, 5.74) is 6.51. The Balaban J connectivity index is 0.00000261. The highest BCUT2D eigenvalue weighted by molar-refractivity contribution is 14.0. The van der Waals surface area contributed by atoms with Crippen molar-refractivity contribution in [1.29, 1.82) is 0 Å². The zero-order valence-corrected chi connectivity index (χ0v) is 18.8. The zero-order valence-electron chi connectivity index (χ0n) is 15.7. The lowest BCUT2D eigenvalue weighted by Gasteiger charge is -2.37. The molecule has 1 saturated heterocycles. The van der Waals surface area contributed by atoms with E-state index in [2.05, 4.69) is 15.2 Å². The van der Waals surface area contributed by atoms with Crippen LogP contribution in [0.25, 0.3) is 0 Å². The van der Waals surface area contributed by atoms with E-state index in [1.165, 1.54) is 25.3 Å². The lowest BCUT2D eigenvalue weighted by Crippen LogP contribution is -2.45. The number of morpholine rings is 1. The fourth-order valence-corrected chi connectivity index (χ4v) is 3.82. The van der Waals surface area contributed by atoms with Crippen molar-refractivity contribution in [3.8, 4) is 0 Å². The van der Waals surface area contributed by atoms with Crippen LogP contribution in [-0.2, 0) is 4.74 Å². The second-order valence-corrected chi connectivity index (χ2v) is 7.64. The van der Waals surface area contributed by atoms with Crippen LogP contribution in [0, 0.1) is 11.7 Å². The van der Waals surface area contributed by atoms with Crippen LogP contribution in [0.3, 0.4) is 0 Å². The first-order chi connectivity index (χ1) is 12.5. The van der Waals surface area contributed by atoms with Crippen LogP contribution in [0.2, 0.25) is 5.02 Å². The number of hydrogen-bond donors (Lipinski definition) is 2. The van der Waals surface area contributed by atoms with Gasteiger partial charge in [0.05, 0.1) is 25.3 Å². The van der Waals surface area contributed by atoms with Crippen molar-refractivity contribution in [2.75, 3.05) is 32.8 Å². The Hall–Kier alpha value is -0.640. The van der Waals surface area contributed by atoms with Gasteiger partial charge in [0.15, 0.2) is 5.96 Å². The molecule has 27 heavy (non-hydrogen) atoms. The maximum Gasteiger partial charge on any atom is 0.188 e. The van der Waals surface area contributed by atoms with Crippen molar-refractivity contribution in [1.82, 2.24) is 10.2 Å². The molecule has 1 aliphatic carbocycles. The Morgan fingerprint density at radius 2 is 2.26 bits per heavy atom. The number of nitrogens with one attached hydrogen (secondary N) is 1. The van der Waals surface area contributed by atoms with Gasteiger partial charge >= 0.3 is 0 Å². The van der Waals surface area contributed by atoms with Gasteiger partial charge in [-0.1, -0.05) is 24.1 Å². The molecule has 0 bridgehead atoms. The predicted molar refractivity (Wildman–Crippen MR) is 118 cm³/mol. The van der Waals surface area contributed by atoms with E-state index in [4.69, 9.17) is 22.1 Å². The van der Waals surface area contributed by atoms with Crippen LogP contribution in [0.5, 0.6) is 0 Å². The highest BCUT2D eigenvalue weighted by Crippen LogP contribution is 2.31. The van der Waals surface area contributed by atoms with Crippen LogP contribution in [-0.4, -0.2) is 49.7 Å². The molecule has 2 unspecified atom stereocenters. The largest absolute Gasteiger partial charge is 0.376 e. The summed E-state index contributed by atoms with van der Waals surface area (Å²) in [4.78, 5) is 6.67. The lowest BCUT2D eigenvalue weighted by atomic mass is 9.85. The number of nitrogens with two attached hydrogens (primary N) is 1. The minimum Gasteiger partial charge on any atom is -0.376 e. The fourth-order valence-electron chi connectivity index (χ4n) is 3.53. The van der Waals surface area contributed by atoms with Gasteiger partial charge in [-0.3, -0.25) is 9.89 Å². The number of benzene rings is 1. The highest BCUT2D eigenvalue weighted by atomic mass is 127. The molecule has 2 atom stereocenters. The summed E-state index contributed by atoms with van der Waals surface area (Å²) in [6, 6.07) is 4.52. The van der Waals surface area contributed by atoms with E-state index in [0.717, 1.165) is 6.54 Å². The molecule has 0 spiro atoms. The van der Waals surface area contributed by atoms with E-state index in [1.54, 1.807) is 12.1 Å². The molecule has 1 heterocycles. The van der Waals surface area contributed by atoms with Gasteiger partial charge in [-0.25, -0.2) is 4.39 Å². The minimum absolute atomic E-state index is 0. The Kier molecular flexibility index (Phi) is 9.04. The van der Waals surface area contributed by atoms with E-state index < -0.39 is 0 Å². The van der Waals surface area contributed by atoms with E-state index in [-0.39, 0.29) is 41.9 Å². The van der Waals surface area contributed by atoms with Gasteiger partial charge in [-0.05, 0) is 37.8 Å². The molecule has 0 radical (unpaired) electrons. The molecule has 3 rings (SSSR count). The van der Waals surface area contributed by atoms with Crippen molar-refractivity contribution < 1.29 is 9.13 Å². The number of aliphatic imine (C=N–C) groups is 1. The quantitative estimate of drug-likeness (QED) is 0.349. The molecule has 5 nitrogen and oxygen atoms in total. The average Bonchev–Trinajstić information content (AvgIpc) is 2.56. The third-order valence-corrected chi connectivity index (χ3v) is 5.61. The second kappa shape index (κ2) is 10.8. The molecule has 1 aliphatic heterocycles. The number of guanidine groups is 1. The minimum atomic E-state index is -0.308. The third-order valence-electron chi connectivity index (χ3n) is 5.28. The van der Waals surface area contributed by atoms with E-state index in [0.29, 0.717) is 48.7 Å². The van der Waals surface area contributed by atoms with Gasteiger partial charge < -0.3 is 15.8 Å². The molecule has 2 aliphatic rings. The van der Waals surface area contributed by atoms with Crippen LogP contribution in [0.4, 0.5) is 4.39 Å². The summed E-state index contributed by atoms with van der Waals surface area (Å²) in [6.07, 6.45) is 3.89. The monoisotopic (exact) mass is 510 g/mol. The van der Waals surface area contributed by atoms with Crippen LogP contribution < -0.4 is 11.1 Å². The first-order valence-corrected chi connectivity index (χ1v) is 9.75. The van der Waals surface area contributed by atoms with Crippen LogP contribution in [0.1, 0.15) is 37.8 Å². The molecule has 8 heteroatoms. The maximum atomic E-state index is 14.5. The molecule has 2 fully saturated rings. The van der Waals surface area contributed by atoms with Crippen molar-refractivity contribution in [3.63, 3.8) is 0 Å².